The van der Waals surface area contributed by atoms with Crippen LogP contribution < -0.4 is 5.73 Å². The summed E-state index contributed by atoms with van der Waals surface area (Å²) in [6.07, 6.45) is 6.47. The van der Waals surface area contributed by atoms with Gasteiger partial charge in [-0.15, -0.1) is 0 Å². The van der Waals surface area contributed by atoms with E-state index in [-0.39, 0.29) is 16.2 Å². The summed E-state index contributed by atoms with van der Waals surface area (Å²) in [4.78, 5) is 12.2. The zero-order valence-electron chi connectivity index (χ0n) is 11.6. The van der Waals surface area contributed by atoms with Crippen LogP contribution in [0.3, 0.4) is 0 Å². The van der Waals surface area contributed by atoms with Crippen molar-refractivity contribution in [2.24, 2.45) is 11.1 Å². The van der Waals surface area contributed by atoms with Crippen molar-refractivity contribution in [2.75, 3.05) is 6.54 Å². The molecule has 0 unspecified atom stereocenters. The number of Topliss-reactive ketones (excluding diaryl/α,β-unsaturated/α-hetero) is 1. The maximum Gasteiger partial charge on any atom is 0.141 e. The van der Waals surface area contributed by atoms with E-state index >= 15 is 0 Å². The Morgan fingerprint density at radius 2 is 2.00 bits per heavy atom. The van der Waals surface area contributed by atoms with Crippen LogP contribution in [0.25, 0.3) is 0 Å². The van der Waals surface area contributed by atoms with Crippen LogP contribution in [0.5, 0.6) is 0 Å². The lowest BCUT2D eigenvalue weighted by Gasteiger charge is -2.35. The summed E-state index contributed by atoms with van der Waals surface area (Å²) >= 11 is 5.74. The minimum absolute atomic E-state index is 0.0147. The molecule has 1 aliphatic carbocycles. The summed E-state index contributed by atoms with van der Waals surface area (Å²) in [6.45, 7) is 0.572. The zero-order valence-corrected chi connectivity index (χ0v) is 12.4. The van der Waals surface area contributed by atoms with Crippen molar-refractivity contribution in [3.05, 3.63) is 34.6 Å². The number of benzene rings is 1. The molecule has 2 nitrogen and oxygen atoms in total. The van der Waals surface area contributed by atoms with E-state index in [1.807, 2.05) is 0 Å². The van der Waals surface area contributed by atoms with Crippen LogP contribution in [0, 0.1) is 11.2 Å². The fraction of sp³-hybridized carbons (Fsp3) is 0.562. The summed E-state index contributed by atoms with van der Waals surface area (Å²) in [6, 6.07) is 4.46. The fourth-order valence-corrected chi connectivity index (χ4v) is 3.32. The Morgan fingerprint density at radius 3 is 2.60 bits per heavy atom. The topological polar surface area (TPSA) is 43.1 Å². The van der Waals surface area contributed by atoms with Crippen molar-refractivity contribution in [2.45, 2.75) is 44.9 Å². The lowest BCUT2D eigenvalue weighted by Crippen LogP contribution is -2.35. The van der Waals surface area contributed by atoms with E-state index in [0.717, 1.165) is 31.2 Å². The molecule has 2 N–H and O–H groups in total. The number of rotatable bonds is 5. The van der Waals surface area contributed by atoms with Crippen LogP contribution in [0.2, 0.25) is 5.02 Å². The van der Waals surface area contributed by atoms with Crippen LogP contribution in [-0.2, 0) is 11.2 Å². The summed E-state index contributed by atoms with van der Waals surface area (Å²) in [5, 5.41) is 0.0708. The van der Waals surface area contributed by atoms with Gasteiger partial charge in [0.1, 0.15) is 11.6 Å². The number of ketones is 1. The van der Waals surface area contributed by atoms with Crippen molar-refractivity contribution in [1.82, 2.24) is 0 Å². The Labute approximate surface area is 124 Å². The third kappa shape index (κ3) is 3.80. The second-order valence-corrected chi connectivity index (χ2v) is 6.31. The Morgan fingerprint density at radius 1 is 1.30 bits per heavy atom. The highest BCUT2D eigenvalue weighted by Gasteiger charge is 2.32. The molecule has 2 rings (SSSR count). The lowest BCUT2D eigenvalue weighted by atomic mass is 9.70. The molecule has 1 saturated carbocycles. The second kappa shape index (κ2) is 6.68. The molecule has 1 aliphatic rings. The van der Waals surface area contributed by atoms with Gasteiger partial charge in [-0.05, 0) is 42.5 Å². The smallest absolute Gasteiger partial charge is 0.141 e. The average Bonchev–Trinajstić information content (AvgIpc) is 2.44. The molecule has 0 aliphatic heterocycles. The molecule has 0 amide bonds. The Kier molecular flexibility index (Phi) is 5.17. The van der Waals surface area contributed by atoms with Crippen LogP contribution in [0.4, 0.5) is 4.39 Å². The largest absolute Gasteiger partial charge is 0.330 e. The molecular formula is C16H21ClFNO. The molecule has 0 heterocycles. The molecule has 1 fully saturated rings. The molecule has 0 saturated heterocycles. The maximum absolute atomic E-state index is 13.1. The molecule has 110 valence electrons. The first-order chi connectivity index (χ1) is 9.54. The number of carbonyl (C=O) groups excluding carboxylic acids is 1. The molecule has 1 aromatic rings. The highest BCUT2D eigenvalue weighted by molar-refractivity contribution is 6.30. The molecule has 0 bridgehead atoms. The van der Waals surface area contributed by atoms with Crippen LogP contribution in [0.15, 0.2) is 18.2 Å². The summed E-state index contributed by atoms with van der Waals surface area (Å²) in [5.74, 6) is -0.284. The second-order valence-electron chi connectivity index (χ2n) is 5.91. The van der Waals surface area contributed by atoms with Crippen LogP contribution in [0.1, 0.15) is 44.1 Å². The van der Waals surface area contributed by atoms with E-state index in [1.165, 1.54) is 18.6 Å². The van der Waals surface area contributed by atoms with E-state index in [0.29, 0.717) is 19.4 Å². The quantitative estimate of drug-likeness (QED) is 0.896. The van der Waals surface area contributed by atoms with Gasteiger partial charge in [-0.2, -0.15) is 0 Å². The van der Waals surface area contributed by atoms with E-state index in [2.05, 4.69) is 0 Å². The van der Waals surface area contributed by atoms with Crippen LogP contribution in [-0.4, -0.2) is 12.3 Å². The summed E-state index contributed by atoms with van der Waals surface area (Å²) in [7, 11) is 0. The third-order valence-corrected chi connectivity index (χ3v) is 4.59. The summed E-state index contributed by atoms with van der Waals surface area (Å²) in [5.41, 5.74) is 6.65. The standard InChI is InChI=1S/C16H21ClFNO/c17-14-9-12(4-5-15(14)18)8-13(20)10-16(11-19)6-2-1-3-7-16/h4-5,9H,1-3,6-8,10-11,19H2. The first kappa shape index (κ1) is 15.5. The highest BCUT2D eigenvalue weighted by atomic mass is 35.5. The van der Waals surface area contributed by atoms with Gasteiger partial charge in [-0.3, -0.25) is 4.79 Å². The zero-order chi connectivity index (χ0) is 14.6. The van der Waals surface area contributed by atoms with E-state index in [9.17, 15) is 9.18 Å². The highest BCUT2D eigenvalue weighted by Crippen LogP contribution is 2.38. The van der Waals surface area contributed by atoms with Crippen molar-refractivity contribution in [1.29, 1.82) is 0 Å². The van der Waals surface area contributed by atoms with E-state index < -0.39 is 5.82 Å². The first-order valence-corrected chi connectivity index (χ1v) is 7.58. The van der Waals surface area contributed by atoms with Gasteiger partial charge in [0.15, 0.2) is 0 Å². The van der Waals surface area contributed by atoms with Gasteiger partial charge in [0, 0.05) is 12.8 Å². The van der Waals surface area contributed by atoms with E-state index in [1.54, 1.807) is 6.07 Å². The van der Waals surface area contributed by atoms with Gasteiger partial charge in [0.2, 0.25) is 0 Å². The van der Waals surface area contributed by atoms with Gasteiger partial charge < -0.3 is 5.73 Å². The van der Waals surface area contributed by atoms with E-state index in [4.69, 9.17) is 17.3 Å². The number of halogens is 2. The fourth-order valence-electron chi connectivity index (χ4n) is 3.11. The van der Waals surface area contributed by atoms with Crippen LogP contribution >= 0.6 is 11.6 Å². The molecule has 1 aromatic carbocycles. The number of carbonyl (C=O) groups is 1. The number of hydrogen-bond acceptors (Lipinski definition) is 2. The van der Waals surface area contributed by atoms with Gasteiger partial charge in [0.25, 0.3) is 0 Å². The van der Waals surface area contributed by atoms with Gasteiger partial charge in [-0.1, -0.05) is 36.9 Å². The third-order valence-electron chi connectivity index (χ3n) is 4.30. The first-order valence-electron chi connectivity index (χ1n) is 7.20. The molecule has 20 heavy (non-hydrogen) atoms. The summed E-state index contributed by atoms with van der Waals surface area (Å²) < 4.78 is 13.1. The van der Waals surface area contributed by atoms with Gasteiger partial charge in [-0.25, -0.2) is 4.39 Å². The molecule has 4 heteroatoms. The SMILES string of the molecule is NCC1(CC(=O)Cc2ccc(F)c(Cl)c2)CCCCC1. The van der Waals surface area contributed by atoms with Crippen molar-refractivity contribution >= 4 is 17.4 Å². The Bertz CT molecular complexity index is 483. The average molecular weight is 298 g/mol. The Balaban J connectivity index is 1.98. The minimum atomic E-state index is -0.450. The molecule has 0 atom stereocenters. The van der Waals surface area contributed by atoms with Crippen molar-refractivity contribution < 1.29 is 9.18 Å². The molecular weight excluding hydrogens is 277 g/mol. The number of hydrogen-bond donors (Lipinski definition) is 1. The number of nitrogens with two attached hydrogens (primary N) is 1. The van der Waals surface area contributed by atoms with Gasteiger partial charge >= 0.3 is 0 Å². The van der Waals surface area contributed by atoms with Gasteiger partial charge in [0.05, 0.1) is 5.02 Å². The Hall–Kier alpha value is -0.930. The molecule has 0 aromatic heterocycles. The van der Waals surface area contributed by atoms with Crippen molar-refractivity contribution in [3.63, 3.8) is 0 Å². The normalized spacial score (nSPS) is 17.9. The minimum Gasteiger partial charge on any atom is -0.330 e. The predicted molar refractivity (Wildman–Crippen MR) is 79.3 cm³/mol. The monoisotopic (exact) mass is 297 g/mol. The lowest BCUT2D eigenvalue weighted by molar-refractivity contribution is -0.121. The molecule has 0 radical (unpaired) electrons. The predicted octanol–water partition coefficient (Wildman–Crippen LogP) is 3.89. The maximum atomic E-state index is 13.1. The molecule has 0 spiro atoms. The van der Waals surface area contributed by atoms with Crippen molar-refractivity contribution in [3.8, 4) is 0 Å².